The second-order valence-corrected chi connectivity index (χ2v) is 8.80. The molecule has 9 heteroatoms. The van der Waals surface area contributed by atoms with Crippen LogP contribution in [0.5, 0.6) is 5.75 Å². The third kappa shape index (κ3) is 4.77. The van der Waals surface area contributed by atoms with E-state index in [2.05, 4.69) is 10.3 Å². The average Bonchev–Trinajstić information content (AvgIpc) is 3.32. The van der Waals surface area contributed by atoms with Gasteiger partial charge < -0.3 is 24.3 Å². The molecule has 0 saturated carbocycles. The Labute approximate surface area is 202 Å². The van der Waals surface area contributed by atoms with Crippen molar-refractivity contribution in [3.8, 4) is 5.75 Å². The van der Waals surface area contributed by atoms with Crippen molar-refractivity contribution in [1.29, 1.82) is 0 Å². The SMILES string of the molecule is COc1ccccc1NC(=O)C1CCN(C(=O)c2ncn3c2COC(c2ccc(F)cc2)C3)CC1. The number of rotatable bonds is 5. The van der Waals surface area contributed by atoms with Crippen LogP contribution in [0.3, 0.4) is 0 Å². The van der Waals surface area contributed by atoms with E-state index in [1.165, 1.54) is 12.1 Å². The molecular formula is C26H27FN4O4. The number of ether oxygens (including phenoxy) is 2. The normalized spacial score (nSPS) is 18.1. The Hall–Kier alpha value is -3.72. The van der Waals surface area contributed by atoms with Gasteiger partial charge in [0, 0.05) is 19.0 Å². The van der Waals surface area contributed by atoms with Gasteiger partial charge in [0.05, 0.1) is 38.0 Å². The lowest BCUT2D eigenvalue weighted by atomic mass is 9.95. The van der Waals surface area contributed by atoms with E-state index in [9.17, 15) is 14.0 Å². The summed E-state index contributed by atoms with van der Waals surface area (Å²) in [5.41, 5.74) is 2.65. The molecule has 0 bridgehead atoms. The van der Waals surface area contributed by atoms with Crippen molar-refractivity contribution in [1.82, 2.24) is 14.5 Å². The quantitative estimate of drug-likeness (QED) is 0.603. The highest BCUT2D eigenvalue weighted by Crippen LogP contribution is 2.30. The number of carbonyl (C=O) groups is 2. The Morgan fingerprint density at radius 2 is 1.86 bits per heavy atom. The monoisotopic (exact) mass is 478 g/mol. The molecule has 5 rings (SSSR count). The van der Waals surface area contributed by atoms with Crippen molar-refractivity contribution in [3.63, 3.8) is 0 Å². The minimum absolute atomic E-state index is 0.0683. The van der Waals surface area contributed by atoms with E-state index >= 15 is 0 Å². The Kier molecular flexibility index (Phi) is 6.50. The van der Waals surface area contributed by atoms with Gasteiger partial charge in [-0.25, -0.2) is 9.37 Å². The van der Waals surface area contributed by atoms with Gasteiger partial charge in [-0.15, -0.1) is 0 Å². The lowest BCUT2D eigenvalue weighted by Gasteiger charge is -2.31. The summed E-state index contributed by atoms with van der Waals surface area (Å²) in [6.45, 7) is 1.72. The van der Waals surface area contributed by atoms with Crippen molar-refractivity contribution in [2.24, 2.45) is 5.92 Å². The summed E-state index contributed by atoms with van der Waals surface area (Å²) < 4.78 is 26.4. The number of nitrogens with zero attached hydrogens (tertiary/aromatic N) is 3. The second-order valence-electron chi connectivity index (χ2n) is 8.80. The first kappa shape index (κ1) is 23.0. The summed E-state index contributed by atoms with van der Waals surface area (Å²) in [6.07, 6.45) is 2.59. The number of benzene rings is 2. The van der Waals surface area contributed by atoms with Gasteiger partial charge in [0.15, 0.2) is 5.69 Å². The van der Waals surface area contributed by atoms with E-state index in [1.807, 2.05) is 16.7 Å². The summed E-state index contributed by atoms with van der Waals surface area (Å²) in [4.78, 5) is 32.1. The van der Waals surface area contributed by atoms with E-state index in [4.69, 9.17) is 9.47 Å². The van der Waals surface area contributed by atoms with Gasteiger partial charge in [-0.2, -0.15) is 0 Å². The maximum Gasteiger partial charge on any atom is 0.274 e. The van der Waals surface area contributed by atoms with Crippen LogP contribution in [-0.4, -0.2) is 46.5 Å². The van der Waals surface area contributed by atoms with Gasteiger partial charge >= 0.3 is 0 Å². The largest absolute Gasteiger partial charge is 0.495 e. The zero-order valence-electron chi connectivity index (χ0n) is 19.4. The number of anilines is 1. The first-order valence-electron chi connectivity index (χ1n) is 11.7. The van der Waals surface area contributed by atoms with Crippen LogP contribution in [0.4, 0.5) is 10.1 Å². The third-order valence-corrected chi connectivity index (χ3v) is 6.69. The molecule has 0 spiro atoms. The van der Waals surface area contributed by atoms with Crippen LogP contribution in [0, 0.1) is 11.7 Å². The molecule has 1 aromatic heterocycles. The second kappa shape index (κ2) is 9.87. The lowest BCUT2D eigenvalue weighted by Crippen LogP contribution is -2.42. The average molecular weight is 479 g/mol. The van der Waals surface area contributed by atoms with Gasteiger partial charge in [0.25, 0.3) is 5.91 Å². The number of imidazole rings is 1. The highest BCUT2D eigenvalue weighted by molar-refractivity contribution is 5.95. The van der Waals surface area contributed by atoms with Gasteiger partial charge in [0.2, 0.25) is 5.91 Å². The summed E-state index contributed by atoms with van der Waals surface area (Å²) in [5.74, 6) is -0.0734. The fourth-order valence-electron chi connectivity index (χ4n) is 4.66. The lowest BCUT2D eigenvalue weighted by molar-refractivity contribution is -0.121. The first-order chi connectivity index (χ1) is 17.0. The molecule has 3 aromatic rings. The number of methoxy groups -OCH3 is 1. The highest BCUT2D eigenvalue weighted by atomic mass is 19.1. The molecule has 2 amide bonds. The van der Waals surface area contributed by atoms with Gasteiger partial charge in [-0.1, -0.05) is 24.3 Å². The molecule has 1 unspecified atom stereocenters. The van der Waals surface area contributed by atoms with Crippen LogP contribution >= 0.6 is 0 Å². The third-order valence-electron chi connectivity index (χ3n) is 6.69. The molecule has 182 valence electrons. The molecule has 35 heavy (non-hydrogen) atoms. The highest BCUT2D eigenvalue weighted by Gasteiger charge is 2.32. The zero-order chi connectivity index (χ0) is 24.4. The molecule has 2 aliphatic rings. The van der Waals surface area contributed by atoms with Gasteiger partial charge in [-0.05, 0) is 42.7 Å². The molecule has 2 aromatic carbocycles. The number of amides is 2. The maximum atomic E-state index is 13.2. The Bertz CT molecular complexity index is 1220. The van der Waals surface area contributed by atoms with Crippen molar-refractivity contribution in [2.45, 2.75) is 32.1 Å². The van der Waals surface area contributed by atoms with Crippen molar-refractivity contribution in [3.05, 3.63) is 77.6 Å². The molecule has 1 saturated heterocycles. The van der Waals surface area contributed by atoms with Crippen molar-refractivity contribution >= 4 is 17.5 Å². The number of para-hydroxylation sites is 2. The standard InChI is InChI=1S/C26H27FN4O4/c1-34-22-5-3-2-4-20(22)29-25(32)18-10-12-30(13-11-18)26(33)24-21-15-35-23(14-31(21)16-28-24)17-6-8-19(27)9-7-17/h2-9,16,18,23H,10-15H2,1H3,(H,29,32). The number of aromatic nitrogens is 2. The summed E-state index contributed by atoms with van der Waals surface area (Å²) in [6, 6.07) is 13.5. The van der Waals surface area contributed by atoms with Crippen LogP contribution in [0.1, 0.15) is 40.7 Å². The molecule has 0 radical (unpaired) electrons. The summed E-state index contributed by atoms with van der Waals surface area (Å²) in [5, 5.41) is 2.94. The van der Waals surface area contributed by atoms with Crippen molar-refractivity contribution in [2.75, 3.05) is 25.5 Å². The molecule has 2 aliphatic heterocycles. The zero-order valence-corrected chi connectivity index (χ0v) is 19.4. The van der Waals surface area contributed by atoms with E-state index < -0.39 is 0 Å². The summed E-state index contributed by atoms with van der Waals surface area (Å²) in [7, 11) is 1.57. The van der Waals surface area contributed by atoms with E-state index in [0.29, 0.717) is 49.6 Å². The van der Waals surface area contributed by atoms with Gasteiger partial charge in [-0.3, -0.25) is 9.59 Å². The van der Waals surface area contributed by atoms with E-state index in [0.717, 1.165) is 11.3 Å². The predicted octanol–water partition coefficient (Wildman–Crippen LogP) is 3.79. The fraction of sp³-hybridized carbons (Fsp3) is 0.346. The number of likely N-dealkylation sites (tertiary alicyclic amines) is 1. The maximum absolute atomic E-state index is 13.2. The van der Waals surface area contributed by atoms with Crippen LogP contribution in [0.15, 0.2) is 54.9 Å². The topological polar surface area (TPSA) is 85.7 Å². The molecule has 1 fully saturated rings. The van der Waals surface area contributed by atoms with E-state index in [-0.39, 0.29) is 36.3 Å². The van der Waals surface area contributed by atoms with Gasteiger partial charge in [0.1, 0.15) is 17.7 Å². The molecule has 1 atom stereocenters. The van der Waals surface area contributed by atoms with Crippen LogP contribution in [-0.2, 0) is 22.7 Å². The fourth-order valence-corrected chi connectivity index (χ4v) is 4.66. The number of halogens is 1. The minimum atomic E-state index is -0.290. The van der Waals surface area contributed by atoms with Crippen LogP contribution in [0.2, 0.25) is 0 Å². The summed E-state index contributed by atoms with van der Waals surface area (Å²) >= 11 is 0. The van der Waals surface area contributed by atoms with Crippen LogP contribution in [0.25, 0.3) is 0 Å². The number of hydrogen-bond donors (Lipinski definition) is 1. The minimum Gasteiger partial charge on any atom is -0.495 e. The van der Waals surface area contributed by atoms with Crippen LogP contribution < -0.4 is 10.1 Å². The molecule has 3 heterocycles. The Morgan fingerprint density at radius 3 is 2.60 bits per heavy atom. The smallest absolute Gasteiger partial charge is 0.274 e. The number of hydrogen-bond acceptors (Lipinski definition) is 5. The number of nitrogens with one attached hydrogen (secondary N) is 1. The Balaban J connectivity index is 1.19. The van der Waals surface area contributed by atoms with E-state index in [1.54, 1.807) is 42.6 Å². The number of piperidine rings is 1. The van der Waals surface area contributed by atoms with Crippen molar-refractivity contribution < 1.29 is 23.5 Å². The molecule has 1 N–H and O–H groups in total. The molecule has 8 nitrogen and oxygen atoms in total. The predicted molar refractivity (Wildman–Crippen MR) is 126 cm³/mol. The first-order valence-corrected chi connectivity index (χ1v) is 11.7. The molecule has 0 aliphatic carbocycles. The number of carbonyl (C=O) groups excluding carboxylic acids is 2. The molecular weight excluding hydrogens is 451 g/mol. The number of fused-ring (bicyclic) bond motifs is 1. The Morgan fingerprint density at radius 1 is 1.11 bits per heavy atom.